The highest BCUT2D eigenvalue weighted by molar-refractivity contribution is 7.92. The van der Waals surface area contributed by atoms with Gasteiger partial charge in [-0.25, -0.2) is 9.03 Å². The molecule has 0 saturated carbocycles. The molecule has 148 valence electrons. The summed E-state index contributed by atoms with van der Waals surface area (Å²) in [7, 11) is -0.567. The Kier molecular flexibility index (Phi) is 5.28. The third kappa shape index (κ3) is 4.09. The van der Waals surface area contributed by atoms with Gasteiger partial charge in [0, 0.05) is 19.7 Å². The molecule has 1 saturated heterocycles. The monoisotopic (exact) mass is 403 g/mol. The van der Waals surface area contributed by atoms with Crippen LogP contribution in [-0.4, -0.2) is 50.9 Å². The average Bonchev–Trinajstić information content (AvgIpc) is 2.91. The number of amides is 2. The summed E-state index contributed by atoms with van der Waals surface area (Å²) in [6.07, 6.45) is 1.24. The maximum atomic E-state index is 12.1. The van der Waals surface area contributed by atoms with Crippen LogP contribution in [0.15, 0.2) is 42.5 Å². The van der Waals surface area contributed by atoms with Gasteiger partial charge in [-0.15, -0.1) is 0 Å². The van der Waals surface area contributed by atoms with Crippen LogP contribution in [0.3, 0.4) is 0 Å². The van der Waals surface area contributed by atoms with Gasteiger partial charge in [0.25, 0.3) is 11.8 Å². The molecule has 1 aliphatic heterocycles. The van der Waals surface area contributed by atoms with Gasteiger partial charge >= 0.3 is 10.2 Å². The zero-order valence-electron chi connectivity index (χ0n) is 15.5. The van der Waals surface area contributed by atoms with Crippen molar-refractivity contribution in [3.63, 3.8) is 0 Å². The normalized spacial score (nSPS) is 15.4. The third-order valence-electron chi connectivity index (χ3n) is 4.41. The van der Waals surface area contributed by atoms with Crippen LogP contribution >= 0.6 is 0 Å². The van der Waals surface area contributed by atoms with E-state index >= 15 is 0 Å². The standard InChI is InChI=1S/C19H21N3O5S/c1-21(2)19(25)15-5-3-4-13(10-15)6-7-14-8-9-16(17(23)11-14)22-12-18(24)20-28(22,26)27/h3-5,8-11,23H,6-7,12H2,1-2H3,(H,20,24). The van der Waals surface area contributed by atoms with Crippen molar-refractivity contribution in [2.24, 2.45) is 0 Å². The summed E-state index contributed by atoms with van der Waals surface area (Å²) < 4.78 is 26.5. The number of nitrogens with zero attached hydrogens (tertiary/aromatic N) is 2. The molecule has 0 atom stereocenters. The van der Waals surface area contributed by atoms with Crippen LogP contribution in [0, 0.1) is 0 Å². The number of carbonyl (C=O) groups is 2. The fourth-order valence-electron chi connectivity index (χ4n) is 3.00. The van der Waals surface area contributed by atoms with Crippen LogP contribution in [-0.2, 0) is 27.8 Å². The van der Waals surface area contributed by atoms with Crippen LogP contribution in [0.5, 0.6) is 5.75 Å². The minimum absolute atomic E-state index is 0.0562. The van der Waals surface area contributed by atoms with Crippen molar-refractivity contribution in [1.29, 1.82) is 0 Å². The number of phenols is 1. The first-order valence-electron chi connectivity index (χ1n) is 8.63. The van der Waals surface area contributed by atoms with Crippen molar-refractivity contribution in [3.05, 3.63) is 59.2 Å². The summed E-state index contributed by atoms with van der Waals surface area (Å²) >= 11 is 0. The fourth-order valence-corrected chi connectivity index (χ4v) is 4.17. The van der Waals surface area contributed by atoms with Crippen LogP contribution in [0.2, 0.25) is 0 Å². The molecular weight excluding hydrogens is 382 g/mol. The SMILES string of the molecule is CN(C)C(=O)c1cccc(CCc2ccc(N3CC(=O)NS3(=O)=O)c(O)c2)c1. The zero-order chi connectivity index (χ0) is 20.5. The highest BCUT2D eigenvalue weighted by Crippen LogP contribution is 2.31. The lowest BCUT2D eigenvalue weighted by Crippen LogP contribution is -2.29. The summed E-state index contributed by atoms with van der Waals surface area (Å²) in [5.74, 6) is -0.927. The first-order valence-corrected chi connectivity index (χ1v) is 10.1. The van der Waals surface area contributed by atoms with E-state index in [1.165, 1.54) is 17.0 Å². The smallest absolute Gasteiger partial charge is 0.326 e. The molecule has 9 heteroatoms. The van der Waals surface area contributed by atoms with Gasteiger partial charge in [0.1, 0.15) is 12.3 Å². The summed E-state index contributed by atoms with van der Waals surface area (Å²) in [4.78, 5) is 24.9. The summed E-state index contributed by atoms with van der Waals surface area (Å²) in [6.45, 7) is -0.359. The van der Waals surface area contributed by atoms with Crippen LogP contribution < -0.4 is 9.03 Å². The number of rotatable bonds is 5. The Morgan fingerprint density at radius 1 is 1.14 bits per heavy atom. The van der Waals surface area contributed by atoms with Gasteiger partial charge in [-0.2, -0.15) is 8.42 Å². The maximum absolute atomic E-state index is 12.1. The lowest BCUT2D eigenvalue weighted by Gasteiger charge is -2.16. The van der Waals surface area contributed by atoms with Crippen molar-refractivity contribution in [1.82, 2.24) is 9.62 Å². The van der Waals surface area contributed by atoms with E-state index in [4.69, 9.17) is 0 Å². The predicted octanol–water partition coefficient (Wildman–Crippen LogP) is 1.06. The number of benzene rings is 2. The molecule has 0 aliphatic carbocycles. The van der Waals surface area contributed by atoms with Gasteiger partial charge in [-0.05, 0) is 48.2 Å². The molecule has 0 bridgehead atoms. The van der Waals surface area contributed by atoms with Crippen molar-refractivity contribution >= 4 is 27.7 Å². The van der Waals surface area contributed by atoms with Crippen LogP contribution in [0.4, 0.5) is 5.69 Å². The van der Waals surface area contributed by atoms with E-state index in [2.05, 4.69) is 0 Å². The maximum Gasteiger partial charge on any atom is 0.326 e. The van der Waals surface area contributed by atoms with E-state index in [0.29, 0.717) is 18.4 Å². The second-order valence-electron chi connectivity index (χ2n) is 6.76. The topological polar surface area (TPSA) is 107 Å². The zero-order valence-corrected chi connectivity index (χ0v) is 16.4. The number of aryl methyl sites for hydroxylation is 2. The summed E-state index contributed by atoms with van der Waals surface area (Å²) in [5.41, 5.74) is 2.45. The first-order chi connectivity index (χ1) is 13.2. The highest BCUT2D eigenvalue weighted by atomic mass is 32.2. The largest absolute Gasteiger partial charge is 0.506 e. The number of aromatic hydroxyl groups is 1. The van der Waals surface area contributed by atoms with E-state index in [1.54, 1.807) is 26.2 Å². The first kappa shape index (κ1) is 19.7. The van der Waals surface area contributed by atoms with Gasteiger partial charge in [0.05, 0.1) is 5.69 Å². The Morgan fingerprint density at radius 2 is 1.82 bits per heavy atom. The van der Waals surface area contributed by atoms with E-state index < -0.39 is 16.1 Å². The molecule has 2 aromatic carbocycles. The molecule has 2 aromatic rings. The van der Waals surface area contributed by atoms with E-state index in [9.17, 15) is 23.1 Å². The molecule has 0 unspecified atom stereocenters. The molecule has 0 radical (unpaired) electrons. The fraction of sp³-hybridized carbons (Fsp3) is 0.263. The van der Waals surface area contributed by atoms with Gasteiger partial charge in [0.2, 0.25) is 0 Å². The van der Waals surface area contributed by atoms with E-state index in [1.807, 2.05) is 22.9 Å². The number of hydrogen-bond acceptors (Lipinski definition) is 5. The molecule has 1 aliphatic rings. The molecule has 2 N–H and O–H groups in total. The Labute approximate surface area is 163 Å². The van der Waals surface area contributed by atoms with Crippen molar-refractivity contribution in [3.8, 4) is 5.75 Å². The van der Waals surface area contributed by atoms with Gasteiger partial charge in [-0.1, -0.05) is 18.2 Å². The lowest BCUT2D eigenvalue weighted by molar-refractivity contribution is -0.117. The summed E-state index contributed by atoms with van der Waals surface area (Å²) in [6, 6.07) is 12.0. The Hall–Kier alpha value is -3.07. The lowest BCUT2D eigenvalue weighted by atomic mass is 10.0. The molecule has 0 aromatic heterocycles. The molecule has 1 heterocycles. The van der Waals surface area contributed by atoms with Crippen molar-refractivity contribution in [2.75, 3.05) is 24.9 Å². The Bertz CT molecular complexity index is 1030. The molecular formula is C19H21N3O5S. The quantitative estimate of drug-likeness (QED) is 0.776. The number of nitrogens with one attached hydrogen (secondary N) is 1. The minimum atomic E-state index is -3.96. The third-order valence-corrected chi connectivity index (χ3v) is 5.80. The number of hydrogen-bond donors (Lipinski definition) is 2. The molecule has 2 amide bonds. The minimum Gasteiger partial charge on any atom is -0.506 e. The predicted molar refractivity (Wildman–Crippen MR) is 104 cm³/mol. The van der Waals surface area contributed by atoms with Crippen molar-refractivity contribution < 1.29 is 23.1 Å². The highest BCUT2D eigenvalue weighted by Gasteiger charge is 2.35. The van der Waals surface area contributed by atoms with Crippen LogP contribution in [0.25, 0.3) is 0 Å². The average molecular weight is 403 g/mol. The van der Waals surface area contributed by atoms with Crippen molar-refractivity contribution in [2.45, 2.75) is 12.8 Å². The van der Waals surface area contributed by atoms with Crippen LogP contribution in [0.1, 0.15) is 21.5 Å². The Balaban J connectivity index is 1.73. The molecule has 28 heavy (non-hydrogen) atoms. The molecule has 3 rings (SSSR count). The van der Waals surface area contributed by atoms with E-state index in [-0.39, 0.29) is 23.9 Å². The summed E-state index contributed by atoms with van der Waals surface area (Å²) in [5, 5.41) is 10.3. The van der Waals surface area contributed by atoms with Gasteiger partial charge in [0.15, 0.2) is 0 Å². The molecule has 1 fully saturated rings. The molecule has 8 nitrogen and oxygen atoms in total. The van der Waals surface area contributed by atoms with Gasteiger partial charge in [-0.3, -0.25) is 9.59 Å². The molecule has 0 spiro atoms. The number of phenolic OH excluding ortho intramolecular Hbond substituents is 1. The number of carbonyl (C=O) groups excluding carboxylic acids is 2. The second-order valence-corrected chi connectivity index (χ2v) is 8.35. The number of anilines is 1. The van der Waals surface area contributed by atoms with Gasteiger partial charge < -0.3 is 10.0 Å². The van der Waals surface area contributed by atoms with E-state index in [0.717, 1.165) is 15.4 Å². The second kappa shape index (κ2) is 7.51. The Morgan fingerprint density at radius 3 is 2.39 bits per heavy atom.